The predicted molar refractivity (Wildman–Crippen MR) is 45.8 cm³/mol. The second kappa shape index (κ2) is 3.64. The van der Waals surface area contributed by atoms with Crippen LogP contribution in [0.3, 0.4) is 0 Å². The SMILES string of the molecule is CC(C)O[SiH2]N1C(=O)C=CC1=O. The second-order valence-corrected chi connectivity index (χ2v) is 4.01. The third-order valence-corrected chi connectivity index (χ3v) is 3.13. The minimum Gasteiger partial charge on any atom is -0.401 e. The second-order valence-electron chi connectivity index (χ2n) is 2.78. The summed E-state index contributed by atoms with van der Waals surface area (Å²) in [6.07, 6.45) is 2.63. The Bertz CT molecular complexity index is 219. The van der Waals surface area contributed by atoms with Crippen LogP contribution in [-0.4, -0.2) is 32.4 Å². The minimum absolute atomic E-state index is 0.0814. The summed E-state index contributed by atoms with van der Waals surface area (Å²) in [4.78, 5) is 21.9. The summed E-state index contributed by atoms with van der Waals surface area (Å²) >= 11 is 0. The van der Waals surface area contributed by atoms with Gasteiger partial charge in [0.05, 0.1) is 0 Å². The maximum atomic E-state index is 11.0. The number of carbonyl (C=O) groups is 2. The average Bonchev–Trinajstić information content (AvgIpc) is 2.28. The van der Waals surface area contributed by atoms with E-state index in [0.29, 0.717) is 0 Å². The first-order valence-electron chi connectivity index (χ1n) is 3.76. The Hall–Kier alpha value is -0.943. The summed E-state index contributed by atoms with van der Waals surface area (Å²) in [5.74, 6) is -0.486. The molecule has 0 N–H and O–H groups in total. The molecule has 0 atom stereocenters. The summed E-state index contributed by atoms with van der Waals surface area (Å²) in [6.45, 7) is 3.76. The minimum atomic E-state index is -1.18. The molecular weight excluding hydrogens is 174 g/mol. The van der Waals surface area contributed by atoms with Crippen molar-refractivity contribution in [2.75, 3.05) is 0 Å². The van der Waals surface area contributed by atoms with Crippen molar-refractivity contribution in [3.05, 3.63) is 12.2 Å². The Balaban J connectivity index is 2.43. The Morgan fingerprint density at radius 1 is 1.33 bits per heavy atom. The highest BCUT2D eigenvalue weighted by atomic mass is 28.2. The molecule has 0 aromatic carbocycles. The number of rotatable bonds is 3. The molecule has 1 heterocycles. The summed E-state index contributed by atoms with van der Waals surface area (Å²) in [5, 5.41) is 0. The molecule has 0 aromatic heterocycles. The summed E-state index contributed by atoms with van der Waals surface area (Å²) in [5.41, 5.74) is 0. The zero-order valence-electron chi connectivity index (χ0n) is 7.11. The summed E-state index contributed by atoms with van der Waals surface area (Å²) in [7, 11) is -1.18. The van der Waals surface area contributed by atoms with Gasteiger partial charge in [0.1, 0.15) is 0 Å². The molecule has 4 nitrogen and oxygen atoms in total. The van der Waals surface area contributed by atoms with E-state index in [1.807, 2.05) is 13.8 Å². The highest BCUT2D eigenvalue weighted by Crippen LogP contribution is 2.02. The van der Waals surface area contributed by atoms with Gasteiger partial charge in [-0.1, -0.05) is 0 Å². The molecule has 5 heteroatoms. The predicted octanol–water partition coefficient (Wildman–Crippen LogP) is -0.665. The van der Waals surface area contributed by atoms with E-state index >= 15 is 0 Å². The van der Waals surface area contributed by atoms with Crippen LogP contribution in [0.15, 0.2) is 12.2 Å². The van der Waals surface area contributed by atoms with Gasteiger partial charge < -0.3 is 4.43 Å². The van der Waals surface area contributed by atoms with Crippen molar-refractivity contribution in [3.63, 3.8) is 0 Å². The third kappa shape index (κ3) is 2.02. The molecule has 0 spiro atoms. The van der Waals surface area contributed by atoms with Crippen molar-refractivity contribution in [1.29, 1.82) is 0 Å². The number of amides is 2. The van der Waals surface area contributed by atoms with Crippen molar-refractivity contribution in [3.8, 4) is 0 Å². The Labute approximate surface area is 73.2 Å². The van der Waals surface area contributed by atoms with Gasteiger partial charge in [0.2, 0.25) is 11.8 Å². The van der Waals surface area contributed by atoms with Gasteiger partial charge in [0.25, 0.3) is 9.92 Å². The van der Waals surface area contributed by atoms with Gasteiger partial charge in [-0.05, 0) is 13.8 Å². The van der Waals surface area contributed by atoms with Gasteiger partial charge in [-0.15, -0.1) is 0 Å². The van der Waals surface area contributed by atoms with Crippen molar-refractivity contribution in [2.45, 2.75) is 20.0 Å². The fraction of sp³-hybridized carbons (Fsp3) is 0.429. The molecule has 0 aliphatic carbocycles. The first kappa shape index (κ1) is 9.15. The highest BCUT2D eigenvalue weighted by molar-refractivity contribution is 6.41. The molecule has 2 amide bonds. The molecule has 1 aliphatic heterocycles. The van der Waals surface area contributed by atoms with Crippen LogP contribution in [0.1, 0.15) is 13.8 Å². The smallest absolute Gasteiger partial charge is 0.278 e. The van der Waals surface area contributed by atoms with Crippen LogP contribution >= 0.6 is 0 Å². The number of carbonyl (C=O) groups excluding carboxylic acids is 2. The molecule has 0 aromatic rings. The van der Waals surface area contributed by atoms with Crippen molar-refractivity contribution >= 4 is 21.7 Å². The lowest BCUT2D eigenvalue weighted by atomic mass is 10.5. The van der Waals surface area contributed by atoms with Gasteiger partial charge in [-0.25, -0.2) is 0 Å². The number of imide groups is 1. The van der Waals surface area contributed by atoms with Crippen LogP contribution < -0.4 is 0 Å². The van der Waals surface area contributed by atoms with Crippen molar-refractivity contribution < 1.29 is 14.0 Å². The molecular formula is C7H11NO3Si. The lowest BCUT2D eigenvalue weighted by molar-refractivity contribution is -0.131. The Morgan fingerprint density at radius 2 is 1.83 bits per heavy atom. The maximum Gasteiger partial charge on any atom is 0.278 e. The Morgan fingerprint density at radius 3 is 2.25 bits per heavy atom. The zero-order valence-corrected chi connectivity index (χ0v) is 8.53. The van der Waals surface area contributed by atoms with E-state index in [0.717, 1.165) is 0 Å². The standard InChI is InChI=1S/C7H11NO3Si/c1-5(2)11-12-8-6(9)3-4-7(8)10/h3-5H,12H2,1-2H3. The van der Waals surface area contributed by atoms with E-state index in [1.165, 1.54) is 16.7 Å². The van der Waals surface area contributed by atoms with Crippen LogP contribution in [-0.2, 0) is 14.0 Å². The van der Waals surface area contributed by atoms with E-state index in [1.54, 1.807) is 0 Å². The van der Waals surface area contributed by atoms with Gasteiger partial charge >= 0.3 is 0 Å². The number of nitrogens with zero attached hydrogens (tertiary/aromatic N) is 1. The van der Waals surface area contributed by atoms with E-state index in [9.17, 15) is 9.59 Å². The van der Waals surface area contributed by atoms with Crippen LogP contribution in [0.4, 0.5) is 0 Å². The monoisotopic (exact) mass is 185 g/mol. The van der Waals surface area contributed by atoms with E-state index < -0.39 is 9.92 Å². The molecule has 0 unspecified atom stereocenters. The zero-order chi connectivity index (χ0) is 9.14. The van der Waals surface area contributed by atoms with Gasteiger partial charge in [0, 0.05) is 18.3 Å². The van der Waals surface area contributed by atoms with E-state index in [2.05, 4.69) is 0 Å². The first-order chi connectivity index (χ1) is 5.61. The summed E-state index contributed by atoms with van der Waals surface area (Å²) in [6, 6.07) is 0. The summed E-state index contributed by atoms with van der Waals surface area (Å²) < 4.78 is 6.44. The number of hydrogen-bond donors (Lipinski definition) is 0. The fourth-order valence-corrected chi connectivity index (χ4v) is 1.69. The van der Waals surface area contributed by atoms with Crippen molar-refractivity contribution in [1.82, 2.24) is 4.57 Å². The molecule has 12 heavy (non-hydrogen) atoms. The van der Waals surface area contributed by atoms with Gasteiger partial charge in [-0.2, -0.15) is 0 Å². The average molecular weight is 185 g/mol. The molecule has 0 radical (unpaired) electrons. The highest BCUT2D eigenvalue weighted by Gasteiger charge is 2.23. The number of hydrogen-bond acceptors (Lipinski definition) is 3. The fourth-order valence-electron chi connectivity index (χ4n) is 0.782. The lowest BCUT2D eigenvalue weighted by Gasteiger charge is -2.15. The van der Waals surface area contributed by atoms with Crippen LogP contribution in [0.5, 0.6) is 0 Å². The quantitative estimate of drug-likeness (QED) is 0.433. The van der Waals surface area contributed by atoms with Crippen molar-refractivity contribution in [2.24, 2.45) is 0 Å². The largest absolute Gasteiger partial charge is 0.401 e. The Kier molecular flexibility index (Phi) is 2.77. The maximum absolute atomic E-state index is 11.0. The van der Waals surface area contributed by atoms with Gasteiger partial charge in [-0.3, -0.25) is 14.2 Å². The molecule has 66 valence electrons. The van der Waals surface area contributed by atoms with Crippen LogP contribution in [0.25, 0.3) is 0 Å². The third-order valence-electron chi connectivity index (χ3n) is 1.44. The first-order valence-corrected chi connectivity index (χ1v) is 4.97. The molecule has 0 fully saturated rings. The van der Waals surface area contributed by atoms with Crippen LogP contribution in [0, 0.1) is 0 Å². The molecule has 0 bridgehead atoms. The topological polar surface area (TPSA) is 46.6 Å². The molecule has 0 saturated heterocycles. The molecule has 1 rings (SSSR count). The lowest BCUT2D eigenvalue weighted by Crippen LogP contribution is -2.36. The molecule has 0 saturated carbocycles. The molecule has 1 aliphatic rings. The van der Waals surface area contributed by atoms with E-state index in [-0.39, 0.29) is 17.9 Å². The van der Waals surface area contributed by atoms with Gasteiger partial charge in [0.15, 0.2) is 0 Å². The normalized spacial score (nSPS) is 17.8. The van der Waals surface area contributed by atoms with E-state index in [4.69, 9.17) is 4.43 Å². The van der Waals surface area contributed by atoms with Crippen LogP contribution in [0.2, 0.25) is 0 Å².